The Bertz CT molecular complexity index is 777. The van der Waals surface area contributed by atoms with Gasteiger partial charge in [-0.25, -0.2) is 14.8 Å². The smallest absolute Gasteiger partial charge is 0.411 e. The molecule has 0 fully saturated rings. The standard InChI is InChI=1S/C18H15N3O2/c22-18(23-13-14-7-2-1-3-8-14)21-16-10-5-4-9-15(16)17-19-11-6-12-20-17/h1-12H,13H2,(H,21,22). The zero-order chi connectivity index (χ0) is 15.9. The predicted molar refractivity (Wildman–Crippen MR) is 87.7 cm³/mol. The van der Waals surface area contributed by atoms with Gasteiger partial charge in [-0.15, -0.1) is 0 Å². The second-order valence-electron chi connectivity index (χ2n) is 4.80. The van der Waals surface area contributed by atoms with E-state index in [2.05, 4.69) is 15.3 Å². The predicted octanol–water partition coefficient (Wildman–Crippen LogP) is 3.89. The summed E-state index contributed by atoms with van der Waals surface area (Å²) in [7, 11) is 0. The quantitative estimate of drug-likeness (QED) is 0.794. The van der Waals surface area contributed by atoms with Crippen LogP contribution in [0.15, 0.2) is 73.1 Å². The van der Waals surface area contributed by atoms with E-state index in [0.29, 0.717) is 11.5 Å². The van der Waals surface area contributed by atoms with Crippen LogP contribution >= 0.6 is 0 Å². The minimum Gasteiger partial charge on any atom is -0.444 e. The van der Waals surface area contributed by atoms with E-state index in [1.54, 1.807) is 24.5 Å². The lowest BCUT2D eigenvalue weighted by molar-refractivity contribution is 0.155. The molecule has 0 radical (unpaired) electrons. The Hall–Kier alpha value is -3.21. The van der Waals surface area contributed by atoms with Gasteiger partial charge in [-0.05, 0) is 23.8 Å². The van der Waals surface area contributed by atoms with Crippen LogP contribution in [-0.4, -0.2) is 16.1 Å². The largest absolute Gasteiger partial charge is 0.444 e. The van der Waals surface area contributed by atoms with Crippen molar-refractivity contribution in [2.45, 2.75) is 6.61 Å². The molecule has 0 spiro atoms. The highest BCUT2D eigenvalue weighted by atomic mass is 16.5. The molecule has 1 amide bonds. The van der Waals surface area contributed by atoms with Crippen LogP contribution in [0.3, 0.4) is 0 Å². The first-order chi connectivity index (χ1) is 11.3. The Morgan fingerprint density at radius 1 is 0.913 bits per heavy atom. The molecular formula is C18H15N3O2. The maximum absolute atomic E-state index is 12.0. The molecule has 0 aliphatic carbocycles. The summed E-state index contributed by atoms with van der Waals surface area (Å²) < 4.78 is 5.23. The number of hydrogen-bond donors (Lipinski definition) is 1. The number of carbonyl (C=O) groups is 1. The third-order valence-corrected chi connectivity index (χ3v) is 3.18. The molecule has 5 nitrogen and oxygen atoms in total. The number of hydrogen-bond acceptors (Lipinski definition) is 4. The van der Waals surface area contributed by atoms with E-state index in [0.717, 1.165) is 11.1 Å². The Morgan fingerprint density at radius 2 is 1.61 bits per heavy atom. The van der Waals surface area contributed by atoms with Crippen LogP contribution in [0.5, 0.6) is 0 Å². The van der Waals surface area contributed by atoms with Gasteiger partial charge >= 0.3 is 6.09 Å². The molecule has 1 heterocycles. The van der Waals surface area contributed by atoms with Crippen LogP contribution < -0.4 is 5.32 Å². The normalized spacial score (nSPS) is 10.1. The highest BCUT2D eigenvalue weighted by molar-refractivity contribution is 5.90. The van der Waals surface area contributed by atoms with E-state index < -0.39 is 6.09 Å². The monoisotopic (exact) mass is 305 g/mol. The average molecular weight is 305 g/mol. The molecule has 114 valence electrons. The van der Waals surface area contributed by atoms with Gasteiger partial charge in [0.1, 0.15) is 6.61 Å². The number of nitrogens with one attached hydrogen (secondary N) is 1. The lowest BCUT2D eigenvalue weighted by atomic mass is 10.1. The van der Waals surface area contributed by atoms with E-state index in [1.165, 1.54) is 0 Å². The number of nitrogens with zero attached hydrogens (tertiary/aromatic N) is 2. The highest BCUT2D eigenvalue weighted by Gasteiger charge is 2.10. The highest BCUT2D eigenvalue weighted by Crippen LogP contribution is 2.24. The first kappa shape index (κ1) is 14.7. The average Bonchev–Trinajstić information content (AvgIpc) is 2.62. The van der Waals surface area contributed by atoms with Crippen LogP contribution in [-0.2, 0) is 11.3 Å². The fraction of sp³-hybridized carbons (Fsp3) is 0.0556. The molecule has 0 aliphatic rings. The number of amides is 1. The molecule has 0 saturated carbocycles. The van der Waals surface area contributed by atoms with Crippen LogP contribution in [0, 0.1) is 0 Å². The van der Waals surface area contributed by atoms with E-state index in [-0.39, 0.29) is 6.61 Å². The van der Waals surface area contributed by atoms with E-state index >= 15 is 0 Å². The summed E-state index contributed by atoms with van der Waals surface area (Å²) >= 11 is 0. The number of carbonyl (C=O) groups excluding carboxylic acids is 1. The van der Waals surface area contributed by atoms with Gasteiger partial charge in [-0.3, -0.25) is 5.32 Å². The SMILES string of the molecule is O=C(Nc1ccccc1-c1ncccn1)OCc1ccccc1. The zero-order valence-electron chi connectivity index (χ0n) is 12.3. The van der Waals surface area contributed by atoms with Crippen LogP contribution in [0.1, 0.15) is 5.56 Å². The van der Waals surface area contributed by atoms with Gasteiger partial charge in [0.2, 0.25) is 0 Å². The van der Waals surface area contributed by atoms with Gasteiger partial charge in [-0.1, -0.05) is 42.5 Å². The zero-order valence-corrected chi connectivity index (χ0v) is 12.3. The van der Waals surface area contributed by atoms with Gasteiger partial charge < -0.3 is 4.74 Å². The van der Waals surface area contributed by atoms with Crippen LogP contribution in [0.25, 0.3) is 11.4 Å². The fourth-order valence-electron chi connectivity index (χ4n) is 2.09. The van der Waals surface area contributed by atoms with Crippen LogP contribution in [0.4, 0.5) is 10.5 Å². The van der Waals surface area contributed by atoms with Crippen molar-refractivity contribution >= 4 is 11.8 Å². The lowest BCUT2D eigenvalue weighted by Gasteiger charge is -2.10. The molecule has 3 aromatic rings. The Labute approximate surface area is 134 Å². The molecule has 0 aliphatic heterocycles. The minimum absolute atomic E-state index is 0.219. The Balaban J connectivity index is 1.69. The van der Waals surface area contributed by atoms with Crippen molar-refractivity contribution in [3.63, 3.8) is 0 Å². The van der Waals surface area contributed by atoms with Gasteiger partial charge in [0.05, 0.1) is 5.69 Å². The molecule has 2 aromatic carbocycles. The van der Waals surface area contributed by atoms with Crippen molar-refractivity contribution in [2.75, 3.05) is 5.32 Å². The van der Waals surface area contributed by atoms with Crippen molar-refractivity contribution in [1.82, 2.24) is 9.97 Å². The van der Waals surface area contributed by atoms with Crippen molar-refractivity contribution in [1.29, 1.82) is 0 Å². The Kier molecular flexibility index (Phi) is 4.59. The summed E-state index contributed by atoms with van der Waals surface area (Å²) in [4.78, 5) is 20.4. The van der Waals surface area contributed by atoms with Crippen molar-refractivity contribution in [3.8, 4) is 11.4 Å². The third-order valence-electron chi connectivity index (χ3n) is 3.18. The van der Waals surface area contributed by atoms with E-state index in [4.69, 9.17) is 4.74 Å². The molecule has 0 atom stereocenters. The maximum Gasteiger partial charge on any atom is 0.411 e. The second-order valence-corrected chi connectivity index (χ2v) is 4.80. The number of rotatable bonds is 4. The molecule has 23 heavy (non-hydrogen) atoms. The fourth-order valence-corrected chi connectivity index (χ4v) is 2.09. The molecule has 1 N–H and O–H groups in total. The summed E-state index contributed by atoms with van der Waals surface area (Å²) in [6.45, 7) is 0.219. The topological polar surface area (TPSA) is 64.1 Å². The van der Waals surface area contributed by atoms with Crippen molar-refractivity contribution < 1.29 is 9.53 Å². The summed E-state index contributed by atoms with van der Waals surface area (Å²) in [5.74, 6) is 0.548. The summed E-state index contributed by atoms with van der Waals surface area (Å²) in [5, 5.41) is 2.74. The van der Waals surface area contributed by atoms with Crippen molar-refractivity contribution in [3.05, 3.63) is 78.6 Å². The van der Waals surface area contributed by atoms with E-state index in [9.17, 15) is 4.79 Å². The maximum atomic E-state index is 12.0. The molecule has 0 saturated heterocycles. The van der Waals surface area contributed by atoms with Crippen LogP contribution in [0.2, 0.25) is 0 Å². The molecule has 1 aromatic heterocycles. The van der Waals surface area contributed by atoms with E-state index in [1.807, 2.05) is 48.5 Å². The van der Waals surface area contributed by atoms with Gasteiger partial charge in [0.15, 0.2) is 5.82 Å². The number of ether oxygens (including phenoxy) is 1. The number of anilines is 1. The van der Waals surface area contributed by atoms with Gasteiger partial charge in [0, 0.05) is 18.0 Å². The molecule has 3 rings (SSSR count). The molecule has 5 heteroatoms. The van der Waals surface area contributed by atoms with Gasteiger partial charge in [-0.2, -0.15) is 0 Å². The third kappa shape index (κ3) is 3.91. The number of aromatic nitrogens is 2. The minimum atomic E-state index is -0.516. The number of benzene rings is 2. The second kappa shape index (κ2) is 7.17. The summed E-state index contributed by atoms with van der Waals surface area (Å²) in [6.07, 6.45) is 2.80. The van der Waals surface area contributed by atoms with Gasteiger partial charge in [0.25, 0.3) is 0 Å². The molecular weight excluding hydrogens is 290 g/mol. The summed E-state index contributed by atoms with van der Waals surface area (Å²) in [5.41, 5.74) is 2.28. The first-order valence-corrected chi connectivity index (χ1v) is 7.17. The molecule has 0 unspecified atom stereocenters. The summed E-state index contributed by atoms with van der Waals surface area (Å²) in [6, 6.07) is 18.6. The Morgan fingerprint density at radius 3 is 2.39 bits per heavy atom. The van der Waals surface area contributed by atoms with Crippen molar-refractivity contribution in [2.24, 2.45) is 0 Å². The lowest BCUT2D eigenvalue weighted by Crippen LogP contribution is -2.14. The number of para-hydroxylation sites is 1. The first-order valence-electron chi connectivity index (χ1n) is 7.17. The molecule has 0 bridgehead atoms.